The average Bonchev–Trinajstić information content (AvgIpc) is 2.10. The third kappa shape index (κ3) is 8.02. The van der Waals surface area contributed by atoms with E-state index in [2.05, 4.69) is 19.2 Å². The number of rotatable bonds is 8. The summed E-state index contributed by atoms with van der Waals surface area (Å²) in [5, 5.41) is 3.21. The molecule has 1 N–H and O–H groups in total. The van der Waals surface area contributed by atoms with E-state index in [1.54, 1.807) is 0 Å². The first-order valence-electron chi connectivity index (χ1n) is 5.06. The predicted octanol–water partition coefficient (Wildman–Crippen LogP) is 2.19. The Labute approximate surface area is 76.7 Å². The molecular formula is C10H23NO. The Balaban J connectivity index is 2.90. The van der Waals surface area contributed by atoms with Crippen LogP contribution in [0.4, 0.5) is 0 Å². The van der Waals surface area contributed by atoms with E-state index in [1.165, 1.54) is 25.7 Å². The van der Waals surface area contributed by atoms with E-state index in [4.69, 9.17) is 4.74 Å². The molecular weight excluding hydrogens is 150 g/mol. The van der Waals surface area contributed by atoms with Crippen LogP contribution in [0.1, 0.15) is 39.5 Å². The minimum Gasteiger partial charge on any atom is -0.381 e. The largest absolute Gasteiger partial charge is 0.381 e. The Morgan fingerprint density at radius 1 is 1.25 bits per heavy atom. The summed E-state index contributed by atoms with van der Waals surface area (Å²) in [7, 11) is 2.00. The van der Waals surface area contributed by atoms with Crippen LogP contribution >= 0.6 is 0 Å². The molecule has 0 rings (SSSR count). The van der Waals surface area contributed by atoms with Gasteiger partial charge in [0.05, 0.1) is 0 Å². The summed E-state index contributed by atoms with van der Waals surface area (Å²) < 4.78 is 5.44. The minimum absolute atomic E-state index is 0.625. The molecule has 0 radical (unpaired) electrons. The van der Waals surface area contributed by atoms with Gasteiger partial charge in [-0.2, -0.15) is 0 Å². The van der Waals surface area contributed by atoms with Crippen molar-refractivity contribution in [2.24, 2.45) is 0 Å². The summed E-state index contributed by atoms with van der Waals surface area (Å²) in [4.78, 5) is 0. The fourth-order valence-electron chi connectivity index (χ4n) is 0.984. The van der Waals surface area contributed by atoms with E-state index in [0.29, 0.717) is 6.04 Å². The van der Waals surface area contributed by atoms with E-state index < -0.39 is 0 Å². The summed E-state index contributed by atoms with van der Waals surface area (Å²) in [6.07, 6.45) is 4.81. The van der Waals surface area contributed by atoms with E-state index in [1.807, 2.05) is 7.05 Å². The molecule has 0 aliphatic carbocycles. The van der Waals surface area contributed by atoms with Crippen LogP contribution in [0.15, 0.2) is 0 Å². The second kappa shape index (κ2) is 9.01. The fourth-order valence-corrected chi connectivity index (χ4v) is 0.984. The molecule has 12 heavy (non-hydrogen) atoms. The van der Waals surface area contributed by atoms with Gasteiger partial charge >= 0.3 is 0 Å². The molecule has 0 aromatic heterocycles. The highest BCUT2D eigenvalue weighted by Gasteiger charge is 1.96. The zero-order valence-electron chi connectivity index (χ0n) is 8.73. The van der Waals surface area contributed by atoms with Crippen LogP contribution in [-0.2, 0) is 4.74 Å². The van der Waals surface area contributed by atoms with Crippen molar-refractivity contribution in [1.29, 1.82) is 0 Å². The summed E-state index contributed by atoms with van der Waals surface area (Å²) >= 11 is 0. The molecule has 0 aromatic rings. The number of hydrogen-bond donors (Lipinski definition) is 1. The van der Waals surface area contributed by atoms with Crippen LogP contribution in [0.5, 0.6) is 0 Å². The van der Waals surface area contributed by atoms with Gasteiger partial charge in [-0.1, -0.05) is 13.3 Å². The Kier molecular flexibility index (Phi) is 8.95. The van der Waals surface area contributed by atoms with E-state index in [9.17, 15) is 0 Å². The molecule has 2 nitrogen and oxygen atoms in total. The monoisotopic (exact) mass is 173 g/mol. The van der Waals surface area contributed by atoms with Crippen molar-refractivity contribution < 1.29 is 4.74 Å². The van der Waals surface area contributed by atoms with Crippen LogP contribution in [0.3, 0.4) is 0 Å². The third-order valence-corrected chi connectivity index (χ3v) is 2.06. The second-order valence-corrected chi connectivity index (χ2v) is 3.30. The fraction of sp³-hybridized carbons (Fsp3) is 1.00. The standard InChI is InChI=1S/C10H23NO/c1-4-5-8-12-9-6-7-10(2)11-3/h10-11H,4-9H2,1-3H3. The highest BCUT2D eigenvalue weighted by Crippen LogP contribution is 1.96. The first kappa shape index (κ1) is 11.9. The van der Waals surface area contributed by atoms with Crippen molar-refractivity contribution in [3.63, 3.8) is 0 Å². The molecule has 0 saturated heterocycles. The number of nitrogens with one attached hydrogen (secondary N) is 1. The highest BCUT2D eigenvalue weighted by molar-refractivity contribution is 4.55. The molecule has 0 heterocycles. The molecule has 0 bridgehead atoms. The van der Waals surface area contributed by atoms with Gasteiger partial charge in [0.2, 0.25) is 0 Å². The van der Waals surface area contributed by atoms with Crippen molar-refractivity contribution in [3.8, 4) is 0 Å². The third-order valence-electron chi connectivity index (χ3n) is 2.06. The first-order valence-corrected chi connectivity index (χ1v) is 5.06. The molecule has 0 aromatic carbocycles. The summed E-state index contributed by atoms with van der Waals surface area (Å²) in [5.74, 6) is 0. The maximum absolute atomic E-state index is 5.44. The number of hydrogen-bond acceptors (Lipinski definition) is 2. The Morgan fingerprint density at radius 3 is 2.50 bits per heavy atom. The van der Waals surface area contributed by atoms with E-state index in [0.717, 1.165) is 13.2 Å². The molecule has 0 spiro atoms. The lowest BCUT2D eigenvalue weighted by molar-refractivity contribution is 0.126. The normalized spacial score (nSPS) is 13.2. The molecule has 1 atom stereocenters. The topological polar surface area (TPSA) is 21.3 Å². The van der Waals surface area contributed by atoms with Crippen molar-refractivity contribution in [2.75, 3.05) is 20.3 Å². The van der Waals surface area contributed by atoms with Gasteiger partial charge in [0.1, 0.15) is 0 Å². The molecule has 2 heteroatoms. The number of unbranched alkanes of at least 4 members (excludes halogenated alkanes) is 1. The summed E-state index contributed by atoms with van der Waals surface area (Å²) in [5.41, 5.74) is 0. The quantitative estimate of drug-likeness (QED) is 0.568. The predicted molar refractivity (Wildman–Crippen MR) is 53.5 cm³/mol. The Bertz CT molecular complexity index is 85.9. The summed E-state index contributed by atoms with van der Waals surface area (Å²) in [6.45, 7) is 6.24. The van der Waals surface area contributed by atoms with Gasteiger partial charge in [0, 0.05) is 19.3 Å². The van der Waals surface area contributed by atoms with Gasteiger partial charge in [-0.15, -0.1) is 0 Å². The lowest BCUT2D eigenvalue weighted by Crippen LogP contribution is -2.21. The van der Waals surface area contributed by atoms with Crippen LogP contribution in [0.2, 0.25) is 0 Å². The van der Waals surface area contributed by atoms with Gasteiger partial charge in [-0.05, 0) is 33.2 Å². The SMILES string of the molecule is CCCCOCCCC(C)NC. The molecule has 0 aliphatic rings. The maximum atomic E-state index is 5.44. The number of ether oxygens (including phenoxy) is 1. The van der Waals surface area contributed by atoms with Crippen molar-refractivity contribution in [2.45, 2.75) is 45.6 Å². The Hall–Kier alpha value is -0.0800. The van der Waals surface area contributed by atoms with Gasteiger partial charge in [0.25, 0.3) is 0 Å². The van der Waals surface area contributed by atoms with Crippen molar-refractivity contribution in [1.82, 2.24) is 5.32 Å². The van der Waals surface area contributed by atoms with Crippen LogP contribution in [-0.4, -0.2) is 26.3 Å². The second-order valence-electron chi connectivity index (χ2n) is 3.30. The molecule has 74 valence electrons. The van der Waals surface area contributed by atoms with Gasteiger partial charge in [-0.25, -0.2) is 0 Å². The summed E-state index contributed by atoms with van der Waals surface area (Å²) in [6, 6.07) is 0.625. The highest BCUT2D eigenvalue weighted by atomic mass is 16.5. The van der Waals surface area contributed by atoms with Gasteiger partial charge < -0.3 is 10.1 Å². The molecule has 0 fully saturated rings. The smallest absolute Gasteiger partial charge is 0.0466 e. The van der Waals surface area contributed by atoms with Crippen LogP contribution in [0, 0.1) is 0 Å². The van der Waals surface area contributed by atoms with Crippen LogP contribution < -0.4 is 5.32 Å². The average molecular weight is 173 g/mol. The van der Waals surface area contributed by atoms with Crippen molar-refractivity contribution in [3.05, 3.63) is 0 Å². The zero-order valence-corrected chi connectivity index (χ0v) is 8.73. The van der Waals surface area contributed by atoms with Gasteiger partial charge in [0.15, 0.2) is 0 Å². The maximum Gasteiger partial charge on any atom is 0.0466 e. The molecule has 0 amide bonds. The lowest BCUT2D eigenvalue weighted by atomic mass is 10.2. The first-order chi connectivity index (χ1) is 5.81. The van der Waals surface area contributed by atoms with Gasteiger partial charge in [-0.3, -0.25) is 0 Å². The Morgan fingerprint density at radius 2 is 1.92 bits per heavy atom. The zero-order chi connectivity index (χ0) is 9.23. The molecule has 0 aliphatic heterocycles. The molecule has 0 saturated carbocycles. The minimum atomic E-state index is 0.625. The van der Waals surface area contributed by atoms with Crippen LogP contribution in [0.25, 0.3) is 0 Å². The van der Waals surface area contributed by atoms with Crippen molar-refractivity contribution >= 4 is 0 Å². The van der Waals surface area contributed by atoms with E-state index >= 15 is 0 Å². The lowest BCUT2D eigenvalue weighted by Gasteiger charge is -2.09. The van der Waals surface area contributed by atoms with E-state index in [-0.39, 0.29) is 0 Å². The molecule has 1 unspecified atom stereocenters.